The first-order valence-corrected chi connectivity index (χ1v) is 10.5. The normalized spacial score (nSPS) is 19.0. The van der Waals surface area contributed by atoms with Crippen LogP contribution in [0.1, 0.15) is 45.3 Å². The van der Waals surface area contributed by atoms with Crippen LogP contribution in [0.5, 0.6) is 0 Å². The predicted molar refractivity (Wildman–Crippen MR) is 103 cm³/mol. The number of carbonyl (C=O) groups is 1. The van der Waals surface area contributed by atoms with E-state index in [4.69, 9.17) is 0 Å². The van der Waals surface area contributed by atoms with Crippen molar-refractivity contribution in [1.82, 2.24) is 9.78 Å². The van der Waals surface area contributed by atoms with Crippen LogP contribution in [0, 0.1) is 32.1 Å². The molecule has 1 aliphatic rings. The first kappa shape index (κ1) is 19.1. The van der Waals surface area contributed by atoms with Crippen molar-refractivity contribution in [2.45, 2.75) is 33.2 Å². The summed E-state index contributed by atoms with van der Waals surface area (Å²) in [5.74, 6) is -0.0903. The van der Waals surface area contributed by atoms with Gasteiger partial charge in [0.25, 0.3) is 0 Å². The standard InChI is InChI=1S/C20H21N3O3S/c1-13-6-4-5-7-18(13)20(24)16(11-21)10-19-14(2)22-23(15(19)3)17-8-9-27(25,26)12-17/h4-7,10,17H,8-9,12H2,1-3H3/b16-10+/t17-/m1/s1. The summed E-state index contributed by atoms with van der Waals surface area (Å²) in [5, 5.41) is 14.0. The number of nitrogens with zero attached hydrogens (tertiary/aromatic N) is 3. The maximum absolute atomic E-state index is 12.8. The largest absolute Gasteiger partial charge is 0.288 e. The van der Waals surface area contributed by atoms with Gasteiger partial charge in [-0.3, -0.25) is 9.48 Å². The van der Waals surface area contributed by atoms with E-state index in [-0.39, 0.29) is 28.9 Å². The van der Waals surface area contributed by atoms with Crippen molar-refractivity contribution in [2.24, 2.45) is 0 Å². The lowest BCUT2D eigenvalue weighted by atomic mass is 9.98. The van der Waals surface area contributed by atoms with Crippen LogP contribution >= 0.6 is 0 Å². The average molecular weight is 383 g/mol. The highest BCUT2D eigenvalue weighted by molar-refractivity contribution is 7.91. The van der Waals surface area contributed by atoms with Gasteiger partial charge in [-0.05, 0) is 38.8 Å². The van der Waals surface area contributed by atoms with Crippen molar-refractivity contribution >= 4 is 21.7 Å². The summed E-state index contributed by atoms with van der Waals surface area (Å²) in [6.45, 7) is 5.47. The Morgan fingerprint density at radius 3 is 2.59 bits per heavy atom. The molecule has 1 saturated heterocycles. The topological polar surface area (TPSA) is 92.8 Å². The highest BCUT2D eigenvalue weighted by atomic mass is 32.2. The third kappa shape index (κ3) is 3.71. The fraction of sp³-hybridized carbons (Fsp3) is 0.350. The van der Waals surface area contributed by atoms with E-state index >= 15 is 0 Å². The fourth-order valence-corrected chi connectivity index (χ4v) is 5.17. The Balaban J connectivity index is 2.00. The first-order valence-electron chi connectivity index (χ1n) is 8.72. The number of carbonyl (C=O) groups excluding carboxylic acids is 1. The third-order valence-electron chi connectivity index (χ3n) is 4.98. The second-order valence-electron chi connectivity index (χ2n) is 6.90. The van der Waals surface area contributed by atoms with Gasteiger partial charge < -0.3 is 0 Å². The zero-order valence-corrected chi connectivity index (χ0v) is 16.4. The molecule has 0 aliphatic carbocycles. The molecular formula is C20H21N3O3S. The zero-order chi connectivity index (χ0) is 19.8. The number of hydrogen-bond acceptors (Lipinski definition) is 5. The number of aryl methyl sites for hydroxylation is 2. The smallest absolute Gasteiger partial charge is 0.203 e. The Morgan fingerprint density at radius 1 is 1.30 bits per heavy atom. The van der Waals surface area contributed by atoms with Gasteiger partial charge in [0, 0.05) is 16.8 Å². The van der Waals surface area contributed by atoms with Gasteiger partial charge in [0.15, 0.2) is 9.84 Å². The van der Waals surface area contributed by atoms with Gasteiger partial charge >= 0.3 is 0 Å². The summed E-state index contributed by atoms with van der Waals surface area (Å²) in [7, 11) is -3.03. The molecule has 2 aromatic rings. The molecule has 1 aromatic heterocycles. The quantitative estimate of drug-likeness (QED) is 0.460. The molecule has 1 atom stereocenters. The molecule has 2 heterocycles. The minimum absolute atomic E-state index is 0.0362. The lowest BCUT2D eigenvalue weighted by molar-refractivity contribution is 0.103. The van der Waals surface area contributed by atoms with Gasteiger partial charge in [-0.25, -0.2) is 8.42 Å². The first-order chi connectivity index (χ1) is 12.7. The van der Waals surface area contributed by atoms with Gasteiger partial charge in [-0.15, -0.1) is 0 Å². The number of hydrogen-bond donors (Lipinski definition) is 0. The highest BCUT2D eigenvalue weighted by Gasteiger charge is 2.31. The Hall–Kier alpha value is -2.72. The van der Waals surface area contributed by atoms with Crippen LogP contribution in [0.3, 0.4) is 0 Å². The summed E-state index contributed by atoms with van der Waals surface area (Å²) >= 11 is 0. The SMILES string of the molecule is Cc1ccccc1C(=O)/C(C#N)=C/c1c(C)nn([C@@H]2CCS(=O)(=O)C2)c1C. The van der Waals surface area contributed by atoms with Crippen molar-refractivity contribution in [3.8, 4) is 6.07 Å². The molecule has 0 saturated carbocycles. The fourth-order valence-electron chi connectivity index (χ4n) is 3.47. The minimum atomic E-state index is -3.03. The maximum atomic E-state index is 12.8. The number of sulfone groups is 1. The second-order valence-corrected chi connectivity index (χ2v) is 9.13. The lowest BCUT2D eigenvalue weighted by Crippen LogP contribution is -2.14. The molecule has 0 spiro atoms. The lowest BCUT2D eigenvalue weighted by Gasteiger charge is -2.11. The molecule has 3 rings (SSSR count). The van der Waals surface area contributed by atoms with Crippen LogP contribution in [0.4, 0.5) is 0 Å². The molecule has 0 unspecified atom stereocenters. The predicted octanol–water partition coefficient (Wildman–Crippen LogP) is 2.96. The number of allylic oxidation sites excluding steroid dienone is 1. The van der Waals surface area contributed by atoms with Gasteiger partial charge in [-0.1, -0.05) is 24.3 Å². The number of benzene rings is 1. The van der Waals surface area contributed by atoms with Crippen LogP contribution in [-0.4, -0.2) is 35.5 Å². The summed E-state index contributed by atoms with van der Waals surface area (Å²) in [6, 6.07) is 8.95. The summed E-state index contributed by atoms with van der Waals surface area (Å²) in [6.07, 6.45) is 2.09. The molecule has 1 aromatic carbocycles. The summed E-state index contributed by atoms with van der Waals surface area (Å²) in [4.78, 5) is 12.8. The number of ketones is 1. The number of Topliss-reactive ketones (excluding diaryl/α,β-unsaturated/α-hetero) is 1. The van der Waals surface area contributed by atoms with Gasteiger partial charge in [-0.2, -0.15) is 10.4 Å². The van der Waals surface area contributed by atoms with Gasteiger partial charge in [0.2, 0.25) is 5.78 Å². The molecule has 1 aliphatic heterocycles. The van der Waals surface area contributed by atoms with Crippen LogP contribution in [0.2, 0.25) is 0 Å². The number of nitriles is 1. The van der Waals surface area contributed by atoms with E-state index in [0.29, 0.717) is 23.2 Å². The molecular weight excluding hydrogens is 362 g/mol. The van der Waals surface area contributed by atoms with Crippen LogP contribution in [0.25, 0.3) is 6.08 Å². The van der Waals surface area contributed by atoms with E-state index in [1.54, 1.807) is 29.8 Å². The van der Waals surface area contributed by atoms with Crippen molar-refractivity contribution in [3.05, 3.63) is 57.9 Å². The van der Waals surface area contributed by atoms with E-state index in [1.807, 2.05) is 32.0 Å². The van der Waals surface area contributed by atoms with Crippen molar-refractivity contribution in [3.63, 3.8) is 0 Å². The minimum Gasteiger partial charge on any atom is -0.288 e. The molecule has 0 radical (unpaired) electrons. The van der Waals surface area contributed by atoms with Crippen LogP contribution in [0.15, 0.2) is 29.8 Å². The van der Waals surface area contributed by atoms with Crippen LogP contribution < -0.4 is 0 Å². The molecule has 1 fully saturated rings. The second kappa shape index (κ2) is 7.12. The maximum Gasteiger partial charge on any atom is 0.203 e. The molecule has 27 heavy (non-hydrogen) atoms. The molecule has 0 bridgehead atoms. The van der Waals surface area contributed by atoms with Gasteiger partial charge in [0.05, 0.1) is 23.2 Å². The van der Waals surface area contributed by atoms with Gasteiger partial charge in [0.1, 0.15) is 11.6 Å². The molecule has 7 heteroatoms. The Bertz CT molecular complexity index is 1090. The van der Waals surface area contributed by atoms with E-state index in [2.05, 4.69) is 5.10 Å². The van der Waals surface area contributed by atoms with E-state index < -0.39 is 9.84 Å². The third-order valence-corrected chi connectivity index (χ3v) is 6.73. The van der Waals surface area contributed by atoms with Crippen molar-refractivity contribution in [2.75, 3.05) is 11.5 Å². The zero-order valence-electron chi connectivity index (χ0n) is 15.6. The Labute approximate surface area is 159 Å². The van der Waals surface area contributed by atoms with Crippen LogP contribution in [-0.2, 0) is 9.84 Å². The number of aromatic nitrogens is 2. The average Bonchev–Trinajstić information content (AvgIpc) is 3.12. The van der Waals surface area contributed by atoms with E-state index in [1.165, 1.54) is 0 Å². The summed E-state index contributed by atoms with van der Waals surface area (Å²) in [5.41, 5.74) is 3.47. The van der Waals surface area contributed by atoms with E-state index in [9.17, 15) is 18.5 Å². The molecule has 0 amide bonds. The molecule has 140 valence electrons. The van der Waals surface area contributed by atoms with Crippen molar-refractivity contribution in [1.29, 1.82) is 5.26 Å². The molecule has 0 N–H and O–H groups in total. The molecule has 6 nitrogen and oxygen atoms in total. The highest BCUT2D eigenvalue weighted by Crippen LogP contribution is 2.28. The number of rotatable bonds is 4. The Kier molecular flexibility index (Phi) is 5.03. The Morgan fingerprint density at radius 2 is 2.00 bits per heavy atom. The van der Waals surface area contributed by atoms with Crippen molar-refractivity contribution < 1.29 is 13.2 Å². The van der Waals surface area contributed by atoms with E-state index in [0.717, 1.165) is 11.3 Å². The summed E-state index contributed by atoms with van der Waals surface area (Å²) < 4.78 is 25.3. The monoisotopic (exact) mass is 383 g/mol.